The molecule has 0 amide bonds. The molecule has 0 saturated carbocycles. The van der Waals surface area contributed by atoms with Crippen LogP contribution in [0.4, 0.5) is 0 Å². The van der Waals surface area contributed by atoms with Crippen molar-refractivity contribution in [3.8, 4) is 5.88 Å². The molecule has 88 valence electrons. The number of pyridine rings is 1. The highest BCUT2D eigenvalue weighted by Gasteiger charge is 2.14. The molecule has 1 heterocycles. The van der Waals surface area contributed by atoms with Crippen LogP contribution in [-0.2, 0) is 4.79 Å². The molecule has 0 bridgehead atoms. The number of rotatable bonds is 5. The summed E-state index contributed by atoms with van der Waals surface area (Å²) >= 11 is 0. The molecule has 1 aromatic rings. The first kappa shape index (κ1) is 12.4. The van der Waals surface area contributed by atoms with Gasteiger partial charge in [0.15, 0.2) is 0 Å². The lowest BCUT2D eigenvalue weighted by molar-refractivity contribution is -0.139. The number of carbonyl (C=O) groups is 1. The maximum absolute atomic E-state index is 10.4. The van der Waals surface area contributed by atoms with Crippen LogP contribution in [0.2, 0.25) is 0 Å². The zero-order valence-corrected chi connectivity index (χ0v) is 9.25. The van der Waals surface area contributed by atoms with Gasteiger partial charge in [-0.3, -0.25) is 4.79 Å². The fourth-order valence-electron chi connectivity index (χ4n) is 1.19. The van der Waals surface area contributed by atoms with Crippen molar-refractivity contribution in [3.05, 3.63) is 23.9 Å². The van der Waals surface area contributed by atoms with Crippen molar-refractivity contribution in [2.45, 2.75) is 32.5 Å². The largest absolute Gasteiger partial charge is 0.481 e. The van der Waals surface area contributed by atoms with E-state index in [-0.39, 0.29) is 12.5 Å². The van der Waals surface area contributed by atoms with E-state index in [1.54, 1.807) is 18.2 Å². The van der Waals surface area contributed by atoms with Crippen LogP contribution in [0.15, 0.2) is 18.2 Å². The summed E-state index contributed by atoms with van der Waals surface area (Å²) < 4.78 is 5.34. The number of ether oxygens (including phenoxy) is 1. The summed E-state index contributed by atoms with van der Waals surface area (Å²) in [5.41, 5.74) is 0.306. The summed E-state index contributed by atoms with van der Waals surface area (Å²) in [7, 11) is 0. The van der Waals surface area contributed by atoms with Crippen LogP contribution in [0.5, 0.6) is 5.88 Å². The standard InChI is InChI=1S/C11H15NO4/c1-7(2)16-10-5-3-4-8(12-10)9(13)6-11(14)15/h3-5,7,9,13H,6H2,1-2H3,(H,14,15)/t9-/m1/s1. The van der Waals surface area contributed by atoms with E-state index >= 15 is 0 Å². The van der Waals surface area contributed by atoms with E-state index in [0.717, 1.165) is 0 Å². The lowest BCUT2D eigenvalue weighted by Gasteiger charge is -2.11. The van der Waals surface area contributed by atoms with Gasteiger partial charge >= 0.3 is 5.97 Å². The number of aromatic nitrogens is 1. The van der Waals surface area contributed by atoms with Gasteiger partial charge in [0.1, 0.15) is 6.10 Å². The number of nitrogens with zero attached hydrogens (tertiary/aromatic N) is 1. The minimum atomic E-state index is -1.10. The molecule has 0 aromatic carbocycles. The monoisotopic (exact) mass is 225 g/mol. The number of carboxylic acid groups (broad SMARTS) is 1. The molecule has 5 heteroatoms. The quantitative estimate of drug-likeness (QED) is 0.791. The van der Waals surface area contributed by atoms with Crippen LogP contribution in [0.25, 0.3) is 0 Å². The van der Waals surface area contributed by atoms with Crippen molar-refractivity contribution in [2.24, 2.45) is 0 Å². The second-order valence-electron chi connectivity index (χ2n) is 3.68. The third-order valence-corrected chi connectivity index (χ3v) is 1.81. The maximum atomic E-state index is 10.4. The Morgan fingerprint density at radius 3 is 2.75 bits per heavy atom. The Hall–Kier alpha value is -1.62. The number of hydrogen-bond acceptors (Lipinski definition) is 4. The summed E-state index contributed by atoms with van der Waals surface area (Å²) in [6.45, 7) is 3.73. The summed E-state index contributed by atoms with van der Waals surface area (Å²) in [6, 6.07) is 4.91. The molecule has 0 radical (unpaired) electrons. The summed E-state index contributed by atoms with van der Waals surface area (Å²) in [6.07, 6.45) is -1.48. The molecule has 0 unspecified atom stereocenters. The highest BCUT2D eigenvalue weighted by molar-refractivity contribution is 5.67. The van der Waals surface area contributed by atoms with Crippen LogP contribution in [0.3, 0.4) is 0 Å². The molecule has 0 aliphatic carbocycles. The van der Waals surface area contributed by atoms with Gasteiger partial charge in [-0.1, -0.05) is 6.07 Å². The number of aliphatic hydroxyl groups is 1. The normalized spacial score (nSPS) is 12.5. The van der Waals surface area contributed by atoms with Gasteiger partial charge in [0.2, 0.25) is 5.88 Å². The molecule has 0 aliphatic heterocycles. The van der Waals surface area contributed by atoms with Gasteiger partial charge in [-0.2, -0.15) is 0 Å². The molecule has 1 aromatic heterocycles. The molecular weight excluding hydrogens is 210 g/mol. The van der Waals surface area contributed by atoms with Gasteiger partial charge in [-0.15, -0.1) is 0 Å². The van der Waals surface area contributed by atoms with E-state index in [9.17, 15) is 9.90 Å². The minimum Gasteiger partial charge on any atom is -0.481 e. The van der Waals surface area contributed by atoms with E-state index < -0.39 is 12.1 Å². The highest BCUT2D eigenvalue weighted by Crippen LogP contribution is 2.17. The molecule has 16 heavy (non-hydrogen) atoms. The molecule has 1 atom stereocenters. The van der Waals surface area contributed by atoms with Gasteiger partial charge in [-0.05, 0) is 19.9 Å². The Labute approximate surface area is 93.7 Å². The predicted octanol–water partition coefficient (Wildman–Crippen LogP) is 1.38. The minimum absolute atomic E-state index is 0.0145. The average molecular weight is 225 g/mol. The van der Waals surface area contributed by atoms with Gasteiger partial charge in [0, 0.05) is 6.07 Å². The molecular formula is C11H15NO4. The van der Waals surface area contributed by atoms with Crippen molar-refractivity contribution >= 4 is 5.97 Å². The fraction of sp³-hybridized carbons (Fsp3) is 0.455. The van der Waals surface area contributed by atoms with Crippen LogP contribution in [0.1, 0.15) is 32.1 Å². The SMILES string of the molecule is CC(C)Oc1cccc([C@H](O)CC(=O)O)n1. The van der Waals surface area contributed by atoms with Gasteiger partial charge in [0.25, 0.3) is 0 Å². The maximum Gasteiger partial charge on any atom is 0.306 e. The van der Waals surface area contributed by atoms with Crippen molar-refractivity contribution < 1.29 is 19.7 Å². The van der Waals surface area contributed by atoms with E-state index in [1.807, 2.05) is 13.8 Å². The summed E-state index contributed by atoms with van der Waals surface area (Å²) in [4.78, 5) is 14.5. The van der Waals surface area contributed by atoms with E-state index in [1.165, 1.54) is 0 Å². The van der Waals surface area contributed by atoms with Gasteiger partial charge in [-0.25, -0.2) is 4.98 Å². The third kappa shape index (κ3) is 3.86. The van der Waals surface area contributed by atoms with Crippen molar-refractivity contribution in [1.29, 1.82) is 0 Å². The first-order chi connectivity index (χ1) is 7.49. The zero-order chi connectivity index (χ0) is 12.1. The van der Waals surface area contributed by atoms with Gasteiger partial charge < -0.3 is 14.9 Å². The Morgan fingerprint density at radius 1 is 1.50 bits per heavy atom. The number of aliphatic hydroxyl groups excluding tert-OH is 1. The van der Waals surface area contributed by atoms with Gasteiger partial charge in [0.05, 0.1) is 18.2 Å². The zero-order valence-electron chi connectivity index (χ0n) is 9.25. The van der Waals surface area contributed by atoms with Crippen LogP contribution in [0, 0.1) is 0 Å². The molecule has 0 aliphatic rings. The summed E-state index contributed by atoms with van der Waals surface area (Å²) in [5.74, 6) is -0.679. The van der Waals surface area contributed by atoms with Crippen molar-refractivity contribution in [1.82, 2.24) is 4.98 Å². The number of hydrogen-bond donors (Lipinski definition) is 2. The van der Waals surface area contributed by atoms with E-state index in [4.69, 9.17) is 9.84 Å². The Bertz CT molecular complexity index is 365. The highest BCUT2D eigenvalue weighted by atomic mass is 16.5. The number of aliphatic carboxylic acids is 1. The van der Waals surface area contributed by atoms with E-state index in [2.05, 4.69) is 4.98 Å². The average Bonchev–Trinajstić information content (AvgIpc) is 2.16. The Balaban J connectivity index is 2.77. The van der Waals surface area contributed by atoms with Crippen LogP contribution >= 0.6 is 0 Å². The Kier molecular flexibility index (Phi) is 4.25. The fourth-order valence-corrected chi connectivity index (χ4v) is 1.19. The van der Waals surface area contributed by atoms with Crippen molar-refractivity contribution in [3.63, 3.8) is 0 Å². The second kappa shape index (κ2) is 5.46. The topological polar surface area (TPSA) is 79.7 Å². The molecule has 5 nitrogen and oxygen atoms in total. The first-order valence-electron chi connectivity index (χ1n) is 5.02. The second-order valence-corrected chi connectivity index (χ2v) is 3.68. The third-order valence-electron chi connectivity index (χ3n) is 1.81. The lowest BCUT2D eigenvalue weighted by Crippen LogP contribution is -2.10. The molecule has 0 saturated heterocycles. The van der Waals surface area contributed by atoms with Crippen LogP contribution in [-0.4, -0.2) is 27.3 Å². The smallest absolute Gasteiger partial charge is 0.306 e. The number of carboxylic acids is 1. The molecule has 0 spiro atoms. The summed E-state index contributed by atoms with van der Waals surface area (Å²) in [5, 5.41) is 18.1. The molecule has 2 N–H and O–H groups in total. The molecule has 1 rings (SSSR count). The van der Waals surface area contributed by atoms with Crippen LogP contribution < -0.4 is 4.74 Å². The first-order valence-corrected chi connectivity index (χ1v) is 5.02. The van der Waals surface area contributed by atoms with Crippen molar-refractivity contribution in [2.75, 3.05) is 0 Å². The van der Waals surface area contributed by atoms with E-state index in [0.29, 0.717) is 11.6 Å². The Morgan fingerprint density at radius 2 is 2.19 bits per heavy atom. The predicted molar refractivity (Wildman–Crippen MR) is 57.2 cm³/mol. The lowest BCUT2D eigenvalue weighted by atomic mass is 10.2. The molecule has 0 fully saturated rings.